The molecule has 9 heteroatoms. The molecule has 2 aromatic carbocycles. The zero-order chi connectivity index (χ0) is 19.9. The molecule has 0 spiro atoms. The summed E-state index contributed by atoms with van der Waals surface area (Å²) in [6.07, 6.45) is 7.08. The molecule has 0 radical (unpaired) electrons. The van der Waals surface area contributed by atoms with Crippen LogP contribution in [-0.4, -0.2) is 15.5 Å². The van der Waals surface area contributed by atoms with Gasteiger partial charge in [0.05, 0.1) is 29.0 Å². The first-order valence-electron chi connectivity index (χ1n) is 8.22. The maximum absolute atomic E-state index is 9.13. The minimum atomic E-state index is -0.420. The van der Waals surface area contributed by atoms with Crippen LogP contribution in [0.1, 0.15) is 11.6 Å². The van der Waals surface area contributed by atoms with E-state index in [1.54, 1.807) is 42.9 Å². The van der Waals surface area contributed by atoms with Gasteiger partial charge in [0.25, 0.3) is 0 Å². The smallest absolute Gasteiger partial charge is 0.209 e. The van der Waals surface area contributed by atoms with Crippen LogP contribution in [0.15, 0.2) is 66.2 Å². The van der Waals surface area contributed by atoms with Crippen LogP contribution < -0.4 is 10.6 Å². The molecule has 1 atom stereocenters. The van der Waals surface area contributed by atoms with E-state index in [4.69, 9.17) is 40.1 Å². The van der Waals surface area contributed by atoms with Gasteiger partial charge in [0.2, 0.25) is 5.96 Å². The Bertz CT molecular complexity index is 994. The first-order chi connectivity index (χ1) is 13.6. The fourth-order valence-electron chi connectivity index (χ4n) is 2.56. The third-order valence-corrected chi connectivity index (χ3v) is 4.94. The maximum atomic E-state index is 9.13. The summed E-state index contributed by atoms with van der Waals surface area (Å²) in [7, 11) is 0. The molecule has 6 nitrogen and oxygen atoms in total. The van der Waals surface area contributed by atoms with E-state index in [0.717, 1.165) is 11.3 Å². The second kappa shape index (κ2) is 9.47. The van der Waals surface area contributed by atoms with Gasteiger partial charge in [0.15, 0.2) is 6.19 Å². The van der Waals surface area contributed by atoms with Gasteiger partial charge in [-0.1, -0.05) is 46.9 Å². The van der Waals surface area contributed by atoms with E-state index in [1.165, 1.54) is 0 Å². The third kappa shape index (κ3) is 5.17. The Labute approximate surface area is 177 Å². The normalized spacial score (nSPS) is 12.3. The molecular weight excluding hydrogens is 419 g/mol. The summed E-state index contributed by atoms with van der Waals surface area (Å²) in [6, 6.07) is 12.0. The van der Waals surface area contributed by atoms with Gasteiger partial charge in [-0.05, 0) is 35.9 Å². The Morgan fingerprint density at radius 3 is 2.64 bits per heavy atom. The van der Waals surface area contributed by atoms with Crippen molar-refractivity contribution in [1.82, 2.24) is 14.9 Å². The zero-order valence-corrected chi connectivity index (χ0v) is 16.7. The van der Waals surface area contributed by atoms with Crippen molar-refractivity contribution in [3.63, 3.8) is 0 Å². The first kappa shape index (κ1) is 20.0. The molecule has 0 saturated carbocycles. The molecule has 28 heavy (non-hydrogen) atoms. The molecule has 1 aromatic heterocycles. The summed E-state index contributed by atoms with van der Waals surface area (Å²) in [5, 5.41) is 16.2. The van der Waals surface area contributed by atoms with Crippen LogP contribution in [0.4, 0.5) is 5.69 Å². The van der Waals surface area contributed by atoms with Crippen molar-refractivity contribution in [3.05, 3.63) is 81.8 Å². The van der Waals surface area contributed by atoms with Crippen LogP contribution in [0, 0.1) is 11.5 Å². The number of guanidine groups is 1. The van der Waals surface area contributed by atoms with E-state index in [9.17, 15) is 0 Å². The van der Waals surface area contributed by atoms with E-state index in [1.807, 2.05) is 29.1 Å². The van der Waals surface area contributed by atoms with Crippen LogP contribution in [0.25, 0.3) is 0 Å². The van der Waals surface area contributed by atoms with E-state index in [2.05, 4.69) is 20.6 Å². The molecule has 0 amide bonds. The highest BCUT2D eigenvalue weighted by Gasteiger charge is 2.18. The summed E-state index contributed by atoms with van der Waals surface area (Å²) < 4.78 is 1.87. The van der Waals surface area contributed by atoms with E-state index in [-0.39, 0.29) is 5.96 Å². The number of aromatic nitrogens is 2. The van der Waals surface area contributed by atoms with Gasteiger partial charge < -0.3 is 9.88 Å². The number of anilines is 1. The lowest BCUT2D eigenvalue weighted by Crippen LogP contribution is -2.28. The van der Waals surface area contributed by atoms with Crippen molar-refractivity contribution < 1.29 is 0 Å². The van der Waals surface area contributed by atoms with Gasteiger partial charge in [0, 0.05) is 23.1 Å². The van der Waals surface area contributed by atoms with Crippen molar-refractivity contribution in [1.29, 1.82) is 5.26 Å². The van der Waals surface area contributed by atoms with Crippen molar-refractivity contribution in [3.8, 4) is 6.19 Å². The molecular formula is C19H15Cl3N6. The van der Waals surface area contributed by atoms with E-state index in [0.29, 0.717) is 21.6 Å². The molecule has 3 aromatic rings. The Balaban J connectivity index is 1.97. The van der Waals surface area contributed by atoms with E-state index >= 15 is 0 Å². The van der Waals surface area contributed by atoms with Crippen molar-refractivity contribution in [2.75, 3.05) is 5.32 Å². The second-order valence-corrected chi connectivity index (χ2v) is 6.99. The fourth-order valence-corrected chi connectivity index (χ4v) is 3.12. The molecule has 0 bridgehead atoms. The molecule has 2 N–H and O–H groups in total. The Hall–Kier alpha value is -2.72. The number of benzene rings is 2. The van der Waals surface area contributed by atoms with Gasteiger partial charge in [-0.3, -0.25) is 5.32 Å². The average Bonchev–Trinajstić information content (AvgIpc) is 3.19. The van der Waals surface area contributed by atoms with Crippen molar-refractivity contribution >= 4 is 46.4 Å². The maximum Gasteiger partial charge on any atom is 0.209 e. The minimum Gasteiger partial charge on any atom is -0.335 e. The van der Waals surface area contributed by atoms with Crippen LogP contribution in [-0.2, 0) is 6.54 Å². The Morgan fingerprint density at radius 1 is 1.18 bits per heavy atom. The summed E-state index contributed by atoms with van der Waals surface area (Å²) in [5.74, 6) is 0.269. The number of nitrogens with zero attached hydrogens (tertiary/aromatic N) is 4. The minimum absolute atomic E-state index is 0.269. The predicted molar refractivity (Wildman–Crippen MR) is 113 cm³/mol. The number of hydrogen-bond acceptors (Lipinski definition) is 3. The lowest BCUT2D eigenvalue weighted by Gasteiger charge is -2.18. The Kier molecular flexibility index (Phi) is 6.77. The lowest BCUT2D eigenvalue weighted by molar-refractivity contribution is 0.577. The summed E-state index contributed by atoms with van der Waals surface area (Å²) in [6.45, 7) is 0.457. The van der Waals surface area contributed by atoms with Crippen molar-refractivity contribution in [2.24, 2.45) is 4.99 Å². The molecule has 142 valence electrons. The molecule has 0 aliphatic rings. The standard InChI is InChI=1S/C19H15Cl3N6/c20-13-4-6-14(7-5-13)26-19(25-11-23)27-17(10-28-9-8-24-12-28)15-2-1-3-16(21)18(15)22/h1-9,12,17H,10H2,(H2,25,26,27). The van der Waals surface area contributed by atoms with Gasteiger partial charge >= 0.3 is 0 Å². The van der Waals surface area contributed by atoms with Crippen LogP contribution in [0.2, 0.25) is 15.1 Å². The van der Waals surface area contributed by atoms with Gasteiger partial charge in [0.1, 0.15) is 0 Å². The summed E-state index contributed by atoms with van der Waals surface area (Å²) in [5.41, 5.74) is 1.46. The van der Waals surface area contributed by atoms with Crippen LogP contribution in [0.5, 0.6) is 0 Å². The molecule has 1 unspecified atom stereocenters. The van der Waals surface area contributed by atoms with E-state index < -0.39 is 6.04 Å². The molecule has 1 heterocycles. The van der Waals surface area contributed by atoms with Crippen LogP contribution in [0.3, 0.4) is 0 Å². The molecule has 3 rings (SSSR count). The first-order valence-corrected chi connectivity index (χ1v) is 9.35. The monoisotopic (exact) mass is 432 g/mol. The summed E-state index contributed by atoms with van der Waals surface area (Å²) in [4.78, 5) is 8.74. The Morgan fingerprint density at radius 2 is 1.96 bits per heavy atom. The zero-order valence-electron chi connectivity index (χ0n) is 14.5. The third-order valence-electron chi connectivity index (χ3n) is 3.85. The van der Waals surface area contributed by atoms with Gasteiger partial charge in [-0.25, -0.2) is 9.98 Å². The topological polar surface area (TPSA) is 78.0 Å². The lowest BCUT2D eigenvalue weighted by atomic mass is 10.1. The average molecular weight is 434 g/mol. The number of hydrogen-bond donors (Lipinski definition) is 2. The van der Waals surface area contributed by atoms with Gasteiger partial charge in [-0.15, -0.1) is 0 Å². The largest absolute Gasteiger partial charge is 0.335 e. The predicted octanol–water partition coefficient (Wildman–Crippen LogP) is 5.12. The second-order valence-electron chi connectivity index (χ2n) is 5.76. The van der Waals surface area contributed by atoms with Crippen LogP contribution >= 0.6 is 34.8 Å². The summed E-state index contributed by atoms with van der Waals surface area (Å²) >= 11 is 18.5. The molecule has 0 fully saturated rings. The number of nitrogens with one attached hydrogen (secondary N) is 2. The molecule has 0 aliphatic heterocycles. The number of aliphatic imine (C=N–C) groups is 1. The number of nitriles is 1. The SMILES string of the molecule is N#CNC(=NC(Cn1ccnc1)c1cccc(Cl)c1Cl)Nc1ccc(Cl)cc1. The highest BCUT2D eigenvalue weighted by atomic mass is 35.5. The van der Waals surface area contributed by atoms with Gasteiger partial charge in [-0.2, -0.15) is 5.26 Å². The highest BCUT2D eigenvalue weighted by Crippen LogP contribution is 2.32. The quantitative estimate of drug-likeness (QED) is 0.253. The van der Waals surface area contributed by atoms with Crippen molar-refractivity contribution in [2.45, 2.75) is 12.6 Å². The molecule has 0 saturated heterocycles. The fraction of sp³-hybridized carbons (Fsp3) is 0.105. The molecule has 0 aliphatic carbocycles. The highest BCUT2D eigenvalue weighted by molar-refractivity contribution is 6.42. The number of rotatable bonds is 5. The number of halogens is 3. The number of imidazole rings is 1.